The number of rotatable bonds is 4. The van der Waals surface area contributed by atoms with Crippen molar-refractivity contribution in [2.24, 2.45) is 0 Å². The van der Waals surface area contributed by atoms with Crippen LogP contribution in [0.4, 0.5) is 0 Å². The van der Waals surface area contributed by atoms with Crippen LogP contribution in [0.1, 0.15) is 37.8 Å². The SMILES string of the molecule is CCN(CC)C(=O)C(C)c1ccc(C#N)cc1. The lowest BCUT2D eigenvalue weighted by molar-refractivity contribution is -0.132. The number of nitrogens with zero attached hydrogens (tertiary/aromatic N) is 2. The molecule has 0 aliphatic rings. The minimum Gasteiger partial charge on any atom is -0.343 e. The summed E-state index contributed by atoms with van der Waals surface area (Å²) < 4.78 is 0. The van der Waals surface area contributed by atoms with E-state index in [0.29, 0.717) is 5.56 Å². The van der Waals surface area contributed by atoms with Crippen molar-refractivity contribution in [2.45, 2.75) is 26.7 Å². The first-order chi connectivity index (χ1) is 8.13. The van der Waals surface area contributed by atoms with Gasteiger partial charge in [0.05, 0.1) is 17.6 Å². The van der Waals surface area contributed by atoms with Gasteiger partial charge in [0.1, 0.15) is 0 Å². The van der Waals surface area contributed by atoms with Gasteiger partial charge in [-0.05, 0) is 38.5 Å². The molecular formula is C14H18N2O. The van der Waals surface area contributed by atoms with Crippen molar-refractivity contribution < 1.29 is 4.79 Å². The molecule has 0 bridgehead atoms. The molecule has 3 nitrogen and oxygen atoms in total. The fourth-order valence-corrected chi connectivity index (χ4v) is 1.80. The Morgan fingerprint density at radius 3 is 2.24 bits per heavy atom. The number of amides is 1. The van der Waals surface area contributed by atoms with Crippen LogP contribution in [-0.4, -0.2) is 23.9 Å². The Kier molecular flexibility index (Phi) is 4.71. The Bertz CT molecular complexity index is 413. The van der Waals surface area contributed by atoms with Crippen molar-refractivity contribution in [1.29, 1.82) is 5.26 Å². The third-order valence-corrected chi connectivity index (χ3v) is 2.99. The smallest absolute Gasteiger partial charge is 0.229 e. The summed E-state index contributed by atoms with van der Waals surface area (Å²) in [4.78, 5) is 13.9. The highest BCUT2D eigenvalue weighted by atomic mass is 16.2. The summed E-state index contributed by atoms with van der Waals surface area (Å²) in [5, 5.41) is 8.72. The quantitative estimate of drug-likeness (QED) is 0.797. The van der Waals surface area contributed by atoms with Gasteiger partial charge in [0, 0.05) is 13.1 Å². The second-order valence-electron chi connectivity index (χ2n) is 3.97. The number of benzene rings is 1. The lowest BCUT2D eigenvalue weighted by atomic mass is 9.98. The molecule has 0 heterocycles. The fraction of sp³-hybridized carbons (Fsp3) is 0.429. The van der Waals surface area contributed by atoms with Gasteiger partial charge in [-0.3, -0.25) is 4.79 Å². The van der Waals surface area contributed by atoms with E-state index >= 15 is 0 Å². The highest BCUT2D eigenvalue weighted by Crippen LogP contribution is 2.18. The normalized spacial score (nSPS) is 11.6. The van der Waals surface area contributed by atoms with Crippen LogP contribution < -0.4 is 0 Å². The molecule has 1 amide bonds. The van der Waals surface area contributed by atoms with E-state index in [1.165, 1.54) is 0 Å². The highest BCUT2D eigenvalue weighted by molar-refractivity contribution is 5.83. The van der Waals surface area contributed by atoms with Crippen molar-refractivity contribution >= 4 is 5.91 Å². The Hall–Kier alpha value is -1.82. The Labute approximate surface area is 103 Å². The van der Waals surface area contributed by atoms with Gasteiger partial charge in [0.15, 0.2) is 0 Å². The molecule has 3 heteroatoms. The average Bonchev–Trinajstić information content (AvgIpc) is 2.39. The van der Waals surface area contributed by atoms with Gasteiger partial charge >= 0.3 is 0 Å². The number of carbonyl (C=O) groups is 1. The van der Waals surface area contributed by atoms with Crippen LogP contribution in [0.3, 0.4) is 0 Å². The monoisotopic (exact) mass is 230 g/mol. The molecule has 1 rings (SSSR count). The lowest BCUT2D eigenvalue weighted by Crippen LogP contribution is -2.33. The van der Waals surface area contributed by atoms with Crippen molar-refractivity contribution in [3.05, 3.63) is 35.4 Å². The largest absolute Gasteiger partial charge is 0.343 e. The van der Waals surface area contributed by atoms with Crippen LogP contribution in [0.2, 0.25) is 0 Å². The maximum Gasteiger partial charge on any atom is 0.229 e. The molecule has 0 aliphatic heterocycles. The molecule has 17 heavy (non-hydrogen) atoms. The molecule has 1 aromatic carbocycles. The summed E-state index contributed by atoms with van der Waals surface area (Å²) in [5.41, 5.74) is 1.58. The van der Waals surface area contributed by atoms with E-state index in [9.17, 15) is 4.79 Å². The lowest BCUT2D eigenvalue weighted by Gasteiger charge is -2.23. The molecule has 1 unspecified atom stereocenters. The maximum absolute atomic E-state index is 12.1. The topological polar surface area (TPSA) is 44.1 Å². The van der Waals surface area contributed by atoms with Gasteiger partial charge in [-0.15, -0.1) is 0 Å². The third kappa shape index (κ3) is 3.07. The molecule has 0 fully saturated rings. The van der Waals surface area contributed by atoms with Crippen molar-refractivity contribution in [3.8, 4) is 6.07 Å². The molecule has 0 saturated heterocycles. The van der Waals surface area contributed by atoms with Gasteiger partial charge in [0.25, 0.3) is 0 Å². The van der Waals surface area contributed by atoms with Gasteiger partial charge in [0.2, 0.25) is 5.91 Å². The number of carbonyl (C=O) groups excluding carboxylic acids is 1. The number of hydrogen-bond donors (Lipinski definition) is 0. The summed E-state index contributed by atoms with van der Waals surface area (Å²) in [5.74, 6) is -0.0117. The average molecular weight is 230 g/mol. The van der Waals surface area contributed by atoms with Crippen LogP contribution in [0.25, 0.3) is 0 Å². The molecule has 0 spiro atoms. The van der Waals surface area contributed by atoms with Crippen LogP contribution in [0, 0.1) is 11.3 Å². The highest BCUT2D eigenvalue weighted by Gasteiger charge is 2.19. The van der Waals surface area contributed by atoms with E-state index < -0.39 is 0 Å². The standard InChI is InChI=1S/C14H18N2O/c1-4-16(5-2)14(17)11(3)13-8-6-12(10-15)7-9-13/h6-9,11H,4-5H2,1-3H3. The van der Waals surface area contributed by atoms with Crippen molar-refractivity contribution in [3.63, 3.8) is 0 Å². The Balaban J connectivity index is 2.85. The molecule has 0 aromatic heterocycles. The summed E-state index contributed by atoms with van der Waals surface area (Å²) in [7, 11) is 0. The molecule has 1 aromatic rings. The second kappa shape index (κ2) is 6.05. The molecule has 0 saturated carbocycles. The molecule has 1 atom stereocenters. The van der Waals surface area contributed by atoms with Crippen LogP contribution >= 0.6 is 0 Å². The minimum absolute atomic E-state index is 0.139. The van der Waals surface area contributed by atoms with Gasteiger partial charge in [-0.25, -0.2) is 0 Å². The number of nitriles is 1. The van der Waals surface area contributed by atoms with Crippen molar-refractivity contribution in [1.82, 2.24) is 4.90 Å². The summed E-state index contributed by atoms with van der Waals surface area (Å²) in [6, 6.07) is 9.28. The third-order valence-electron chi connectivity index (χ3n) is 2.99. The zero-order valence-corrected chi connectivity index (χ0v) is 10.6. The molecular weight excluding hydrogens is 212 g/mol. The predicted molar refractivity (Wildman–Crippen MR) is 67.5 cm³/mol. The summed E-state index contributed by atoms with van der Waals surface area (Å²) >= 11 is 0. The first kappa shape index (κ1) is 13.2. The van der Waals surface area contributed by atoms with E-state index in [1.807, 2.05) is 37.8 Å². The second-order valence-corrected chi connectivity index (χ2v) is 3.97. The number of likely N-dealkylation sites (N-methyl/N-ethyl adjacent to an activating group) is 1. The van der Waals surface area contributed by atoms with Gasteiger partial charge in [-0.1, -0.05) is 12.1 Å². The number of hydrogen-bond acceptors (Lipinski definition) is 2. The van der Waals surface area contributed by atoms with Crippen molar-refractivity contribution in [2.75, 3.05) is 13.1 Å². The van der Waals surface area contributed by atoms with E-state index in [1.54, 1.807) is 12.1 Å². The first-order valence-corrected chi connectivity index (χ1v) is 5.92. The van der Waals surface area contributed by atoms with Crippen LogP contribution in [0.15, 0.2) is 24.3 Å². The zero-order chi connectivity index (χ0) is 12.8. The molecule has 90 valence electrons. The Morgan fingerprint density at radius 1 is 1.29 bits per heavy atom. The Morgan fingerprint density at radius 2 is 1.82 bits per heavy atom. The maximum atomic E-state index is 12.1. The van der Waals surface area contributed by atoms with Gasteiger partial charge in [-0.2, -0.15) is 5.26 Å². The fourth-order valence-electron chi connectivity index (χ4n) is 1.80. The van der Waals surface area contributed by atoms with E-state index in [4.69, 9.17) is 5.26 Å². The van der Waals surface area contributed by atoms with E-state index in [-0.39, 0.29) is 11.8 Å². The predicted octanol–water partition coefficient (Wildman–Crippen LogP) is 2.53. The summed E-state index contributed by atoms with van der Waals surface area (Å²) in [6.07, 6.45) is 0. The van der Waals surface area contributed by atoms with Crippen LogP contribution in [-0.2, 0) is 4.79 Å². The van der Waals surface area contributed by atoms with Gasteiger partial charge < -0.3 is 4.90 Å². The molecule has 0 N–H and O–H groups in total. The van der Waals surface area contributed by atoms with Crippen LogP contribution in [0.5, 0.6) is 0 Å². The van der Waals surface area contributed by atoms with E-state index in [0.717, 1.165) is 18.7 Å². The first-order valence-electron chi connectivity index (χ1n) is 5.92. The molecule has 0 radical (unpaired) electrons. The van der Waals surface area contributed by atoms with E-state index in [2.05, 4.69) is 6.07 Å². The molecule has 0 aliphatic carbocycles. The minimum atomic E-state index is -0.150. The zero-order valence-electron chi connectivity index (χ0n) is 10.6. The summed E-state index contributed by atoms with van der Waals surface area (Å²) in [6.45, 7) is 7.33.